The van der Waals surface area contributed by atoms with E-state index in [1.807, 2.05) is 0 Å². The zero-order chi connectivity index (χ0) is 20.0. The van der Waals surface area contributed by atoms with Crippen molar-refractivity contribution < 1.29 is 27.4 Å². The van der Waals surface area contributed by atoms with Crippen LogP contribution in [-0.4, -0.2) is 40.9 Å². The maximum atomic E-state index is 12.3. The summed E-state index contributed by atoms with van der Waals surface area (Å²) in [6.07, 6.45) is 0.290. The number of hydrogen-bond donors (Lipinski definition) is 2. The summed E-state index contributed by atoms with van der Waals surface area (Å²) in [4.78, 5) is 12.3. The second-order valence-corrected chi connectivity index (χ2v) is 7.46. The lowest BCUT2D eigenvalue weighted by molar-refractivity contribution is -0.122. The van der Waals surface area contributed by atoms with E-state index in [9.17, 15) is 13.2 Å². The van der Waals surface area contributed by atoms with E-state index in [1.165, 1.54) is 19.2 Å². The van der Waals surface area contributed by atoms with Gasteiger partial charge in [-0.3, -0.25) is 9.52 Å². The minimum atomic E-state index is -3.45. The van der Waals surface area contributed by atoms with Crippen LogP contribution in [0.5, 0.6) is 17.2 Å². The van der Waals surface area contributed by atoms with E-state index in [0.29, 0.717) is 17.2 Å². The molecule has 27 heavy (non-hydrogen) atoms. The van der Waals surface area contributed by atoms with Crippen LogP contribution < -0.4 is 24.2 Å². The van der Waals surface area contributed by atoms with E-state index in [0.717, 1.165) is 6.26 Å². The Morgan fingerprint density at radius 3 is 2.19 bits per heavy atom. The molecule has 0 heterocycles. The van der Waals surface area contributed by atoms with Gasteiger partial charge in [-0.15, -0.1) is 0 Å². The first-order valence-electron chi connectivity index (χ1n) is 7.99. The summed E-state index contributed by atoms with van der Waals surface area (Å²) < 4.78 is 40.9. The number of carbonyl (C=O) groups excluding carboxylic acids is 1. The summed E-state index contributed by atoms with van der Waals surface area (Å²) in [6.45, 7) is 1.62. The number of benzene rings is 2. The van der Waals surface area contributed by atoms with Gasteiger partial charge in [0.05, 0.1) is 26.2 Å². The van der Waals surface area contributed by atoms with Gasteiger partial charge >= 0.3 is 0 Å². The first-order chi connectivity index (χ1) is 12.7. The Hall–Kier alpha value is -2.94. The quantitative estimate of drug-likeness (QED) is 0.713. The third-order valence-electron chi connectivity index (χ3n) is 3.51. The second-order valence-electron chi connectivity index (χ2n) is 5.71. The zero-order valence-electron chi connectivity index (χ0n) is 15.5. The summed E-state index contributed by atoms with van der Waals surface area (Å²) in [7, 11) is -0.472. The van der Waals surface area contributed by atoms with Crippen molar-refractivity contribution in [3.63, 3.8) is 0 Å². The van der Waals surface area contributed by atoms with E-state index in [1.54, 1.807) is 44.4 Å². The molecule has 0 fully saturated rings. The standard InChI is InChI=1S/C18H22N2O6S/c1-12(26-15-8-6-14(24-2)7-9-15)18(21)19-13-5-10-16(17(11-13)25-3)20-27(4,22)23/h5-12,20H,1-4H3,(H,19,21). The SMILES string of the molecule is COc1ccc(OC(C)C(=O)Nc2ccc(NS(C)(=O)=O)c(OC)c2)cc1. The summed E-state index contributed by atoms with van der Waals surface area (Å²) in [5.41, 5.74) is 0.724. The van der Waals surface area contributed by atoms with Crippen LogP contribution in [0, 0.1) is 0 Å². The Kier molecular flexibility index (Phi) is 6.51. The Bertz CT molecular complexity index is 897. The number of ether oxygens (including phenoxy) is 3. The first kappa shape index (κ1) is 20.4. The molecule has 2 aromatic carbocycles. The van der Waals surface area contributed by atoms with Crippen LogP contribution in [0.15, 0.2) is 42.5 Å². The van der Waals surface area contributed by atoms with E-state index in [-0.39, 0.29) is 17.3 Å². The van der Waals surface area contributed by atoms with Gasteiger partial charge in [-0.25, -0.2) is 8.42 Å². The van der Waals surface area contributed by atoms with Gasteiger partial charge in [0.15, 0.2) is 6.10 Å². The first-order valence-corrected chi connectivity index (χ1v) is 9.88. The molecular formula is C18H22N2O6S. The van der Waals surface area contributed by atoms with Crippen LogP contribution >= 0.6 is 0 Å². The summed E-state index contributed by atoms with van der Waals surface area (Å²) in [6, 6.07) is 11.5. The van der Waals surface area contributed by atoms with E-state index >= 15 is 0 Å². The summed E-state index contributed by atoms with van der Waals surface area (Å²) in [5, 5.41) is 2.70. The molecule has 9 heteroatoms. The van der Waals surface area contributed by atoms with E-state index in [2.05, 4.69) is 10.0 Å². The molecule has 0 aliphatic heterocycles. The molecule has 2 N–H and O–H groups in total. The number of sulfonamides is 1. The second kappa shape index (κ2) is 8.63. The minimum Gasteiger partial charge on any atom is -0.497 e. The molecule has 0 spiro atoms. The Morgan fingerprint density at radius 2 is 1.63 bits per heavy atom. The number of nitrogens with one attached hydrogen (secondary N) is 2. The van der Waals surface area contributed by atoms with Gasteiger partial charge in [0.25, 0.3) is 5.91 Å². The highest BCUT2D eigenvalue weighted by atomic mass is 32.2. The molecule has 0 bridgehead atoms. The number of anilines is 2. The smallest absolute Gasteiger partial charge is 0.265 e. The third-order valence-corrected chi connectivity index (χ3v) is 4.10. The highest BCUT2D eigenvalue weighted by Crippen LogP contribution is 2.29. The van der Waals surface area contributed by atoms with Crippen molar-refractivity contribution in [2.24, 2.45) is 0 Å². The van der Waals surface area contributed by atoms with Gasteiger partial charge in [0, 0.05) is 11.8 Å². The van der Waals surface area contributed by atoms with E-state index in [4.69, 9.17) is 14.2 Å². The number of rotatable bonds is 8. The number of hydrogen-bond acceptors (Lipinski definition) is 6. The Labute approximate surface area is 158 Å². The van der Waals surface area contributed by atoms with Crippen LogP contribution in [0.4, 0.5) is 11.4 Å². The summed E-state index contributed by atoms with van der Waals surface area (Å²) >= 11 is 0. The van der Waals surface area contributed by atoms with Crippen molar-refractivity contribution in [2.75, 3.05) is 30.5 Å². The third kappa shape index (κ3) is 6.07. The average molecular weight is 394 g/mol. The van der Waals surface area contributed by atoms with E-state index < -0.39 is 16.1 Å². The van der Waals surface area contributed by atoms with Gasteiger partial charge in [0.2, 0.25) is 10.0 Å². The summed E-state index contributed by atoms with van der Waals surface area (Å²) in [5.74, 6) is 1.14. The Balaban J connectivity index is 2.05. The van der Waals surface area contributed by atoms with Crippen molar-refractivity contribution in [2.45, 2.75) is 13.0 Å². The lowest BCUT2D eigenvalue weighted by Gasteiger charge is -2.16. The normalized spacial score (nSPS) is 12.0. The predicted octanol–water partition coefficient (Wildman–Crippen LogP) is 2.48. The molecular weight excluding hydrogens is 372 g/mol. The molecule has 1 atom stereocenters. The molecule has 0 saturated carbocycles. The molecule has 0 saturated heterocycles. The Morgan fingerprint density at radius 1 is 1.00 bits per heavy atom. The van der Waals surface area contributed by atoms with Crippen LogP contribution in [0.2, 0.25) is 0 Å². The molecule has 2 aromatic rings. The molecule has 0 aliphatic carbocycles. The van der Waals surface area contributed by atoms with Crippen LogP contribution in [0.1, 0.15) is 6.92 Å². The van der Waals surface area contributed by atoms with Crippen molar-refractivity contribution in [1.29, 1.82) is 0 Å². The number of amides is 1. The number of carbonyl (C=O) groups is 1. The molecule has 146 valence electrons. The largest absolute Gasteiger partial charge is 0.497 e. The van der Waals surface area contributed by atoms with Crippen molar-refractivity contribution in [3.8, 4) is 17.2 Å². The lowest BCUT2D eigenvalue weighted by Crippen LogP contribution is -2.30. The highest BCUT2D eigenvalue weighted by molar-refractivity contribution is 7.92. The average Bonchev–Trinajstić information content (AvgIpc) is 2.62. The van der Waals surface area contributed by atoms with Gasteiger partial charge in [-0.1, -0.05) is 0 Å². The predicted molar refractivity (Wildman–Crippen MR) is 103 cm³/mol. The molecule has 8 nitrogen and oxygen atoms in total. The molecule has 0 aliphatic rings. The fourth-order valence-corrected chi connectivity index (χ4v) is 2.78. The van der Waals surface area contributed by atoms with Crippen LogP contribution in [0.25, 0.3) is 0 Å². The van der Waals surface area contributed by atoms with Crippen LogP contribution in [-0.2, 0) is 14.8 Å². The van der Waals surface area contributed by atoms with Crippen LogP contribution in [0.3, 0.4) is 0 Å². The monoisotopic (exact) mass is 394 g/mol. The number of methoxy groups -OCH3 is 2. The van der Waals surface area contributed by atoms with Gasteiger partial charge in [-0.05, 0) is 43.3 Å². The van der Waals surface area contributed by atoms with Gasteiger partial charge in [0.1, 0.15) is 17.2 Å². The maximum Gasteiger partial charge on any atom is 0.265 e. The van der Waals surface area contributed by atoms with Crippen molar-refractivity contribution in [1.82, 2.24) is 0 Å². The van der Waals surface area contributed by atoms with Gasteiger partial charge in [-0.2, -0.15) is 0 Å². The molecule has 1 amide bonds. The molecule has 1 unspecified atom stereocenters. The van der Waals surface area contributed by atoms with Crippen molar-refractivity contribution in [3.05, 3.63) is 42.5 Å². The minimum absolute atomic E-state index is 0.278. The zero-order valence-corrected chi connectivity index (χ0v) is 16.3. The molecule has 0 radical (unpaired) electrons. The molecule has 2 rings (SSSR count). The maximum absolute atomic E-state index is 12.3. The highest BCUT2D eigenvalue weighted by Gasteiger charge is 2.16. The van der Waals surface area contributed by atoms with Crippen molar-refractivity contribution >= 4 is 27.3 Å². The lowest BCUT2D eigenvalue weighted by atomic mass is 10.2. The fourth-order valence-electron chi connectivity index (χ4n) is 2.21. The van der Waals surface area contributed by atoms with Gasteiger partial charge < -0.3 is 19.5 Å². The topological polar surface area (TPSA) is 103 Å². The molecule has 0 aromatic heterocycles. The fraction of sp³-hybridized carbons (Fsp3) is 0.278.